The lowest BCUT2D eigenvalue weighted by Gasteiger charge is -2.08. The summed E-state index contributed by atoms with van der Waals surface area (Å²) in [5, 5.41) is 18.1. The lowest BCUT2D eigenvalue weighted by molar-refractivity contribution is 0.812. The third kappa shape index (κ3) is 2.53. The van der Waals surface area contributed by atoms with Gasteiger partial charge in [0, 0.05) is 31.1 Å². The highest BCUT2D eigenvalue weighted by Crippen LogP contribution is 2.10. The van der Waals surface area contributed by atoms with Crippen molar-refractivity contribution < 1.29 is 0 Å². The summed E-state index contributed by atoms with van der Waals surface area (Å²) in [6.07, 6.45) is 5.18. The zero-order chi connectivity index (χ0) is 11.4. The Labute approximate surface area is 90.3 Å². The lowest BCUT2D eigenvalue weighted by Crippen LogP contribution is -2.18. The average Bonchev–Trinajstić information content (AvgIpc) is 2.59. The first-order valence-electron chi connectivity index (χ1n) is 5.01. The van der Waals surface area contributed by atoms with Crippen molar-refractivity contribution in [2.24, 2.45) is 5.92 Å². The van der Waals surface area contributed by atoms with Gasteiger partial charge in [-0.2, -0.15) is 0 Å². The smallest absolute Gasteiger partial charge is 0.112 e. The van der Waals surface area contributed by atoms with Crippen LogP contribution in [0.1, 0.15) is 18.1 Å². The topological polar surface area (TPSA) is 64.7 Å². The predicted molar refractivity (Wildman–Crippen MR) is 63.0 cm³/mol. The van der Waals surface area contributed by atoms with Gasteiger partial charge in [0.25, 0.3) is 0 Å². The molecule has 0 amide bonds. The number of hydrogen-bond donors (Lipinski definition) is 3. The Hall–Kier alpha value is -1.42. The summed E-state index contributed by atoms with van der Waals surface area (Å²) in [7, 11) is 1.91. The Kier molecular flexibility index (Phi) is 3.80. The van der Waals surface area contributed by atoms with Gasteiger partial charge in [-0.1, -0.05) is 6.92 Å². The molecule has 4 heteroatoms. The molecule has 15 heavy (non-hydrogen) atoms. The third-order valence-corrected chi connectivity index (χ3v) is 2.46. The first-order valence-corrected chi connectivity index (χ1v) is 5.01. The van der Waals surface area contributed by atoms with Crippen LogP contribution >= 0.6 is 0 Å². The minimum atomic E-state index is -0.140. The standard InChI is InChI=1S/C11H18N4/c1-8(4-12)11(13)15-6-9(2)10(7-15)5-14-3/h4,6-8,12-14H,5H2,1-3H3. The normalized spacial score (nSPS) is 12.5. The number of rotatable bonds is 4. The van der Waals surface area contributed by atoms with Crippen LogP contribution < -0.4 is 5.32 Å². The molecular formula is C11H18N4. The van der Waals surface area contributed by atoms with Gasteiger partial charge in [0.05, 0.1) is 0 Å². The van der Waals surface area contributed by atoms with E-state index in [-0.39, 0.29) is 5.92 Å². The minimum absolute atomic E-state index is 0.140. The van der Waals surface area contributed by atoms with Crippen molar-refractivity contribution in [1.29, 1.82) is 10.8 Å². The molecule has 1 heterocycles. The molecule has 0 radical (unpaired) electrons. The van der Waals surface area contributed by atoms with Crippen LogP contribution in [0, 0.1) is 23.7 Å². The third-order valence-electron chi connectivity index (χ3n) is 2.46. The van der Waals surface area contributed by atoms with Gasteiger partial charge in [0.15, 0.2) is 0 Å². The fraction of sp³-hybridized carbons (Fsp3) is 0.455. The quantitative estimate of drug-likeness (QED) is 0.509. The Morgan fingerprint density at radius 1 is 1.60 bits per heavy atom. The zero-order valence-corrected chi connectivity index (χ0v) is 9.46. The van der Waals surface area contributed by atoms with E-state index in [2.05, 4.69) is 5.32 Å². The van der Waals surface area contributed by atoms with Crippen molar-refractivity contribution in [2.75, 3.05) is 7.05 Å². The number of nitrogens with one attached hydrogen (secondary N) is 3. The van der Waals surface area contributed by atoms with Crippen LogP contribution in [0.15, 0.2) is 12.4 Å². The molecule has 0 saturated heterocycles. The summed E-state index contributed by atoms with van der Waals surface area (Å²) in [4.78, 5) is 0. The second-order valence-electron chi connectivity index (χ2n) is 3.74. The average molecular weight is 206 g/mol. The van der Waals surface area contributed by atoms with Crippen LogP contribution in [0.2, 0.25) is 0 Å². The molecule has 1 aromatic rings. The molecule has 0 fully saturated rings. The molecule has 0 aliphatic heterocycles. The summed E-state index contributed by atoms with van der Waals surface area (Å²) in [5.41, 5.74) is 2.37. The van der Waals surface area contributed by atoms with Crippen molar-refractivity contribution in [2.45, 2.75) is 20.4 Å². The van der Waals surface area contributed by atoms with E-state index in [1.165, 1.54) is 17.3 Å². The first kappa shape index (κ1) is 11.7. The Balaban J connectivity index is 2.91. The second kappa shape index (κ2) is 4.89. The van der Waals surface area contributed by atoms with E-state index < -0.39 is 0 Å². The molecule has 4 nitrogen and oxygen atoms in total. The van der Waals surface area contributed by atoms with Gasteiger partial charge in [0.2, 0.25) is 0 Å². The highest BCUT2D eigenvalue weighted by molar-refractivity contribution is 5.95. The summed E-state index contributed by atoms with van der Waals surface area (Å²) in [6, 6.07) is 0. The van der Waals surface area contributed by atoms with E-state index in [4.69, 9.17) is 10.8 Å². The Morgan fingerprint density at radius 2 is 2.27 bits per heavy atom. The van der Waals surface area contributed by atoms with Gasteiger partial charge in [0.1, 0.15) is 5.84 Å². The summed E-state index contributed by atoms with van der Waals surface area (Å²) >= 11 is 0. The Morgan fingerprint density at radius 3 is 2.80 bits per heavy atom. The van der Waals surface area contributed by atoms with Gasteiger partial charge in [-0.15, -0.1) is 0 Å². The van der Waals surface area contributed by atoms with Crippen molar-refractivity contribution in [3.05, 3.63) is 23.5 Å². The molecule has 1 rings (SSSR count). The van der Waals surface area contributed by atoms with Crippen LogP contribution in [0.5, 0.6) is 0 Å². The van der Waals surface area contributed by atoms with Crippen molar-refractivity contribution in [3.8, 4) is 0 Å². The molecule has 0 bridgehead atoms. The maximum absolute atomic E-state index is 7.87. The highest BCUT2D eigenvalue weighted by atomic mass is 15.0. The van der Waals surface area contributed by atoms with E-state index in [9.17, 15) is 0 Å². The number of aromatic nitrogens is 1. The molecule has 1 aromatic heterocycles. The van der Waals surface area contributed by atoms with E-state index in [0.717, 1.165) is 6.54 Å². The molecule has 0 spiro atoms. The van der Waals surface area contributed by atoms with E-state index in [1.54, 1.807) is 4.57 Å². The van der Waals surface area contributed by atoms with Crippen LogP contribution in [0.25, 0.3) is 0 Å². The monoisotopic (exact) mass is 206 g/mol. The SMILES string of the molecule is CNCc1cn(C(=N)C(C)C=N)cc1C. The minimum Gasteiger partial charge on any atom is -0.316 e. The number of nitrogens with zero attached hydrogens (tertiary/aromatic N) is 1. The molecule has 1 atom stereocenters. The van der Waals surface area contributed by atoms with Crippen LogP contribution in [0.3, 0.4) is 0 Å². The molecule has 3 N–H and O–H groups in total. The van der Waals surface area contributed by atoms with Crippen LogP contribution in [-0.2, 0) is 6.54 Å². The van der Waals surface area contributed by atoms with Crippen LogP contribution in [-0.4, -0.2) is 23.7 Å². The molecule has 0 aliphatic rings. The molecule has 1 unspecified atom stereocenters. The summed E-state index contributed by atoms with van der Waals surface area (Å²) in [6.45, 7) is 4.69. The lowest BCUT2D eigenvalue weighted by atomic mass is 10.2. The largest absolute Gasteiger partial charge is 0.316 e. The van der Waals surface area contributed by atoms with Gasteiger partial charge < -0.3 is 15.3 Å². The van der Waals surface area contributed by atoms with E-state index >= 15 is 0 Å². The van der Waals surface area contributed by atoms with E-state index in [0.29, 0.717) is 5.84 Å². The van der Waals surface area contributed by atoms with Gasteiger partial charge >= 0.3 is 0 Å². The number of aryl methyl sites for hydroxylation is 1. The predicted octanol–water partition coefficient (Wildman–Crippen LogP) is 1.63. The highest BCUT2D eigenvalue weighted by Gasteiger charge is 2.10. The van der Waals surface area contributed by atoms with Crippen molar-refractivity contribution in [3.63, 3.8) is 0 Å². The van der Waals surface area contributed by atoms with E-state index in [1.807, 2.05) is 33.3 Å². The maximum Gasteiger partial charge on any atom is 0.112 e. The molecule has 0 saturated carbocycles. The van der Waals surface area contributed by atoms with Gasteiger partial charge in [-0.3, -0.25) is 5.41 Å². The summed E-state index contributed by atoms with van der Waals surface area (Å²) in [5.74, 6) is 0.301. The fourth-order valence-corrected chi connectivity index (χ4v) is 1.43. The second-order valence-corrected chi connectivity index (χ2v) is 3.74. The van der Waals surface area contributed by atoms with Crippen LogP contribution in [0.4, 0.5) is 0 Å². The van der Waals surface area contributed by atoms with Crippen molar-refractivity contribution in [1.82, 2.24) is 9.88 Å². The molecule has 0 aliphatic carbocycles. The van der Waals surface area contributed by atoms with Gasteiger partial charge in [-0.05, 0) is 25.1 Å². The van der Waals surface area contributed by atoms with Crippen molar-refractivity contribution >= 4 is 12.1 Å². The fourth-order valence-electron chi connectivity index (χ4n) is 1.43. The van der Waals surface area contributed by atoms with Gasteiger partial charge in [-0.25, -0.2) is 0 Å². The molecular weight excluding hydrogens is 188 g/mol. The number of hydrogen-bond acceptors (Lipinski definition) is 3. The summed E-state index contributed by atoms with van der Waals surface area (Å²) < 4.78 is 1.79. The Bertz CT molecular complexity index is 365. The first-order chi connectivity index (χ1) is 7.10. The maximum atomic E-state index is 7.87. The molecule has 82 valence electrons. The zero-order valence-electron chi connectivity index (χ0n) is 9.46. The molecule has 0 aromatic carbocycles.